The summed E-state index contributed by atoms with van der Waals surface area (Å²) in [6.45, 7) is 2.84. The first-order chi connectivity index (χ1) is 16.9. The Morgan fingerprint density at radius 1 is 1.14 bits per heavy atom. The summed E-state index contributed by atoms with van der Waals surface area (Å²) in [5, 5.41) is 11.3. The van der Waals surface area contributed by atoms with E-state index in [0.717, 1.165) is 18.4 Å². The van der Waals surface area contributed by atoms with Gasteiger partial charge in [0.1, 0.15) is 23.0 Å². The van der Waals surface area contributed by atoms with Gasteiger partial charge in [0.2, 0.25) is 5.88 Å². The number of amides is 1. The van der Waals surface area contributed by atoms with Crippen molar-refractivity contribution in [3.63, 3.8) is 0 Å². The van der Waals surface area contributed by atoms with Gasteiger partial charge >= 0.3 is 0 Å². The van der Waals surface area contributed by atoms with Crippen molar-refractivity contribution in [2.45, 2.75) is 32.1 Å². The van der Waals surface area contributed by atoms with Crippen LogP contribution in [0, 0.1) is 0 Å². The molecule has 8 nitrogen and oxygen atoms in total. The summed E-state index contributed by atoms with van der Waals surface area (Å²) in [6.07, 6.45) is 2.03. The van der Waals surface area contributed by atoms with Gasteiger partial charge in [-0.1, -0.05) is 43.1 Å². The number of benzene rings is 2. The standard InChI is InChI=1S/C26H28ClN3O5/c1-4-5-12-21-28-24(31)22(25(32)29-14-17(15-29)16-8-6-9-18(27)13-16)26(33)30(21)23-19(34-2)10-7-11-20(23)35-3/h6-11,13,17,31H,4-5,12,14-15H2,1-3H3. The average molecular weight is 498 g/mol. The van der Waals surface area contributed by atoms with E-state index >= 15 is 0 Å². The lowest BCUT2D eigenvalue weighted by molar-refractivity contribution is 0.0595. The first-order valence-corrected chi connectivity index (χ1v) is 11.9. The number of nitrogens with zero attached hydrogens (tertiary/aromatic N) is 3. The summed E-state index contributed by atoms with van der Waals surface area (Å²) in [6, 6.07) is 12.6. The fourth-order valence-electron chi connectivity index (χ4n) is 4.30. The van der Waals surface area contributed by atoms with Gasteiger partial charge in [-0.05, 0) is 36.2 Å². The van der Waals surface area contributed by atoms with Gasteiger partial charge in [0.25, 0.3) is 11.5 Å². The Balaban J connectivity index is 1.76. The van der Waals surface area contributed by atoms with Crippen LogP contribution in [0.4, 0.5) is 0 Å². The normalized spacial score (nSPS) is 13.4. The van der Waals surface area contributed by atoms with Gasteiger partial charge in [-0.2, -0.15) is 4.98 Å². The Labute approximate surface area is 208 Å². The van der Waals surface area contributed by atoms with Crippen molar-refractivity contribution in [3.05, 3.63) is 74.8 Å². The van der Waals surface area contributed by atoms with E-state index in [-0.39, 0.29) is 11.5 Å². The monoisotopic (exact) mass is 497 g/mol. The van der Waals surface area contributed by atoms with Gasteiger partial charge < -0.3 is 19.5 Å². The van der Waals surface area contributed by atoms with Crippen LogP contribution in [-0.2, 0) is 6.42 Å². The number of carbonyl (C=O) groups is 1. The lowest BCUT2D eigenvalue weighted by Gasteiger charge is -2.39. The van der Waals surface area contributed by atoms with Crippen LogP contribution in [-0.4, -0.2) is 52.8 Å². The van der Waals surface area contributed by atoms with E-state index in [1.807, 2.05) is 25.1 Å². The van der Waals surface area contributed by atoms with Crippen molar-refractivity contribution in [3.8, 4) is 23.1 Å². The molecule has 0 aliphatic carbocycles. The smallest absolute Gasteiger partial charge is 0.275 e. The number of para-hydroxylation sites is 1. The Hall–Kier alpha value is -3.52. The maximum atomic E-state index is 13.8. The third kappa shape index (κ3) is 4.71. The number of rotatable bonds is 8. The summed E-state index contributed by atoms with van der Waals surface area (Å²) in [7, 11) is 2.98. The molecule has 1 aliphatic heterocycles. The molecule has 1 aromatic heterocycles. The predicted octanol–water partition coefficient (Wildman–Crippen LogP) is 4.19. The molecule has 0 unspecified atom stereocenters. The molecule has 1 amide bonds. The van der Waals surface area contributed by atoms with E-state index in [1.165, 1.54) is 23.7 Å². The number of unbranched alkanes of at least 4 members (excludes halogenated alkanes) is 1. The van der Waals surface area contributed by atoms with Crippen molar-refractivity contribution in [2.75, 3.05) is 27.3 Å². The highest BCUT2D eigenvalue weighted by molar-refractivity contribution is 6.30. The minimum atomic E-state index is -0.664. The van der Waals surface area contributed by atoms with Gasteiger partial charge in [0.15, 0.2) is 5.56 Å². The number of aromatic hydroxyl groups is 1. The second-order valence-corrected chi connectivity index (χ2v) is 8.88. The molecule has 0 atom stereocenters. The Kier molecular flexibility index (Phi) is 7.31. The third-order valence-electron chi connectivity index (χ3n) is 6.22. The van der Waals surface area contributed by atoms with E-state index in [2.05, 4.69) is 4.98 Å². The molecule has 0 radical (unpaired) electrons. The third-order valence-corrected chi connectivity index (χ3v) is 6.45. The molecule has 1 N–H and O–H groups in total. The fraction of sp³-hybridized carbons (Fsp3) is 0.346. The molecule has 4 rings (SSSR count). The summed E-state index contributed by atoms with van der Waals surface area (Å²) in [4.78, 5) is 33.0. The number of aromatic nitrogens is 2. The first kappa shape index (κ1) is 24.6. The quantitative estimate of drug-likeness (QED) is 0.501. The fourth-order valence-corrected chi connectivity index (χ4v) is 4.50. The topological polar surface area (TPSA) is 93.9 Å². The molecule has 1 fully saturated rings. The lowest BCUT2D eigenvalue weighted by Crippen LogP contribution is -2.50. The van der Waals surface area contributed by atoms with Gasteiger partial charge in [0, 0.05) is 30.5 Å². The average Bonchev–Trinajstić information content (AvgIpc) is 2.81. The number of halogens is 1. The van der Waals surface area contributed by atoms with Crippen LogP contribution in [0.15, 0.2) is 47.3 Å². The molecule has 1 aliphatic rings. The highest BCUT2D eigenvalue weighted by atomic mass is 35.5. The van der Waals surface area contributed by atoms with E-state index in [4.69, 9.17) is 21.1 Å². The molecule has 0 saturated carbocycles. The van der Waals surface area contributed by atoms with E-state index in [9.17, 15) is 14.7 Å². The maximum Gasteiger partial charge on any atom is 0.275 e. The highest BCUT2D eigenvalue weighted by Crippen LogP contribution is 2.34. The van der Waals surface area contributed by atoms with Crippen LogP contribution in [0.25, 0.3) is 5.69 Å². The number of ether oxygens (including phenoxy) is 2. The molecule has 184 valence electrons. The minimum Gasteiger partial charge on any atom is -0.494 e. The zero-order chi connectivity index (χ0) is 25.1. The van der Waals surface area contributed by atoms with Crippen LogP contribution in [0.5, 0.6) is 17.4 Å². The van der Waals surface area contributed by atoms with E-state index in [0.29, 0.717) is 47.5 Å². The maximum absolute atomic E-state index is 13.8. The van der Waals surface area contributed by atoms with Crippen LogP contribution in [0.1, 0.15) is 47.4 Å². The molecule has 35 heavy (non-hydrogen) atoms. The molecule has 0 bridgehead atoms. The molecule has 2 heterocycles. The zero-order valence-electron chi connectivity index (χ0n) is 20.0. The van der Waals surface area contributed by atoms with Crippen LogP contribution >= 0.6 is 11.6 Å². The van der Waals surface area contributed by atoms with Crippen LogP contribution < -0.4 is 15.0 Å². The van der Waals surface area contributed by atoms with E-state index in [1.54, 1.807) is 24.3 Å². The van der Waals surface area contributed by atoms with Gasteiger partial charge in [0.05, 0.1) is 14.2 Å². The predicted molar refractivity (Wildman–Crippen MR) is 133 cm³/mol. The van der Waals surface area contributed by atoms with E-state index < -0.39 is 17.3 Å². The Bertz CT molecular complexity index is 1280. The number of carbonyl (C=O) groups excluding carboxylic acids is 1. The summed E-state index contributed by atoms with van der Waals surface area (Å²) in [5.74, 6) is 0.0766. The van der Waals surface area contributed by atoms with Gasteiger partial charge in [-0.25, -0.2) is 0 Å². The minimum absolute atomic E-state index is 0.105. The van der Waals surface area contributed by atoms with Crippen molar-refractivity contribution >= 4 is 17.5 Å². The van der Waals surface area contributed by atoms with Gasteiger partial charge in [-0.3, -0.25) is 14.2 Å². The second-order valence-electron chi connectivity index (χ2n) is 8.44. The highest BCUT2D eigenvalue weighted by Gasteiger charge is 2.36. The van der Waals surface area contributed by atoms with Crippen LogP contribution in [0.2, 0.25) is 5.02 Å². The molecule has 9 heteroatoms. The summed E-state index contributed by atoms with van der Waals surface area (Å²) < 4.78 is 12.3. The summed E-state index contributed by atoms with van der Waals surface area (Å²) >= 11 is 6.10. The van der Waals surface area contributed by atoms with Crippen molar-refractivity contribution in [1.29, 1.82) is 0 Å². The van der Waals surface area contributed by atoms with Crippen molar-refractivity contribution in [2.24, 2.45) is 0 Å². The summed E-state index contributed by atoms with van der Waals surface area (Å²) in [5.41, 5.74) is 0.330. The molecule has 0 spiro atoms. The first-order valence-electron chi connectivity index (χ1n) is 11.5. The molecular formula is C26H28ClN3O5. The molecule has 3 aromatic rings. The van der Waals surface area contributed by atoms with Crippen molar-refractivity contribution in [1.82, 2.24) is 14.5 Å². The molecule has 1 saturated heterocycles. The Morgan fingerprint density at radius 2 is 1.80 bits per heavy atom. The van der Waals surface area contributed by atoms with Crippen molar-refractivity contribution < 1.29 is 19.4 Å². The lowest BCUT2D eigenvalue weighted by atomic mass is 9.91. The van der Waals surface area contributed by atoms with Gasteiger partial charge in [-0.15, -0.1) is 0 Å². The molecule has 2 aromatic carbocycles. The number of hydrogen-bond acceptors (Lipinski definition) is 6. The van der Waals surface area contributed by atoms with Crippen LogP contribution in [0.3, 0.4) is 0 Å². The molecular weight excluding hydrogens is 470 g/mol. The number of hydrogen-bond donors (Lipinski definition) is 1. The largest absolute Gasteiger partial charge is 0.494 e. The Morgan fingerprint density at radius 3 is 2.40 bits per heavy atom. The number of aryl methyl sites for hydroxylation is 1. The zero-order valence-corrected chi connectivity index (χ0v) is 20.7. The SMILES string of the molecule is CCCCc1nc(O)c(C(=O)N2CC(c3cccc(Cl)c3)C2)c(=O)n1-c1c(OC)cccc1OC. The number of methoxy groups -OCH3 is 2. The second kappa shape index (κ2) is 10.4. The number of likely N-dealkylation sites (tertiary alicyclic amines) is 1.